The third-order valence-corrected chi connectivity index (χ3v) is 8.67. The van der Waals surface area contributed by atoms with Crippen LogP contribution in [0.2, 0.25) is 20.1 Å². The maximum Gasteiger partial charge on any atom is 0.414 e. The van der Waals surface area contributed by atoms with E-state index in [1.165, 1.54) is 4.90 Å². The molecule has 0 atom stereocenters. The molecule has 13 heteroatoms. The molecule has 0 fully saturated rings. The van der Waals surface area contributed by atoms with Crippen molar-refractivity contribution in [3.8, 4) is 22.8 Å². The van der Waals surface area contributed by atoms with Crippen LogP contribution in [0.5, 0.6) is 0 Å². The SMILES string of the molecule is CCOC(=O)N(CCCC(=O)Nc1ccc2nc(-c3c(Cl)cccc3Cl)[nH]c2c1)c1ccc2nc(-c3cccc(Cl)c3Cl)[nH]c2c1. The van der Waals surface area contributed by atoms with Crippen molar-refractivity contribution >= 4 is 91.8 Å². The summed E-state index contributed by atoms with van der Waals surface area (Å²) < 4.78 is 5.32. The van der Waals surface area contributed by atoms with E-state index in [-0.39, 0.29) is 25.5 Å². The Balaban J connectivity index is 1.14. The monoisotopic (exact) mass is 694 g/mol. The van der Waals surface area contributed by atoms with E-state index in [9.17, 15) is 9.59 Å². The van der Waals surface area contributed by atoms with Crippen molar-refractivity contribution in [3.05, 3.63) is 92.9 Å². The van der Waals surface area contributed by atoms with Gasteiger partial charge in [-0.25, -0.2) is 14.8 Å². The molecule has 234 valence electrons. The highest BCUT2D eigenvalue weighted by atomic mass is 35.5. The molecule has 0 saturated heterocycles. The second-order valence-electron chi connectivity index (χ2n) is 10.3. The van der Waals surface area contributed by atoms with Crippen molar-refractivity contribution < 1.29 is 14.3 Å². The number of amides is 2. The van der Waals surface area contributed by atoms with Gasteiger partial charge in [0.25, 0.3) is 0 Å². The number of anilines is 2. The van der Waals surface area contributed by atoms with Gasteiger partial charge in [-0.1, -0.05) is 58.5 Å². The zero-order valence-electron chi connectivity index (χ0n) is 24.3. The number of imidazole rings is 2. The van der Waals surface area contributed by atoms with E-state index in [1.807, 2.05) is 12.1 Å². The van der Waals surface area contributed by atoms with Gasteiger partial charge < -0.3 is 20.0 Å². The molecule has 2 heterocycles. The maximum atomic E-state index is 12.9. The van der Waals surface area contributed by atoms with Crippen LogP contribution in [0.15, 0.2) is 72.8 Å². The number of nitrogens with one attached hydrogen (secondary N) is 3. The number of fused-ring (bicyclic) bond motifs is 2. The summed E-state index contributed by atoms with van der Waals surface area (Å²) in [7, 11) is 0. The molecule has 0 unspecified atom stereocenters. The van der Waals surface area contributed by atoms with E-state index >= 15 is 0 Å². The summed E-state index contributed by atoms with van der Waals surface area (Å²) in [5.41, 5.74) is 5.27. The second kappa shape index (κ2) is 13.6. The van der Waals surface area contributed by atoms with Crippen molar-refractivity contribution in [1.29, 1.82) is 0 Å². The smallest absolute Gasteiger partial charge is 0.414 e. The van der Waals surface area contributed by atoms with Gasteiger partial charge in [0.2, 0.25) is 5.91 Å². The number of H-pyrrole nitrogens is 2. The van der Waals surface area contributed by atoms with Gasteiger partial charge in [0.05, 0.1) is 54.3 Å². The predicted molar refractivity (Wildman–Crippen MR) is 185 cm³/mol. The van der Waals surface area contributed by atoms with Crippen LogP contribution < -0.4 is 10.2 Å². The molecule has 4 aromatic carbocycles. The highest BCUT2D eigenvalue weighted by Crippen LogP contribution is 2.35. The summed E-state index contributed by atoms with van der Waals surface area (Å²) in [6.45, 7) is 2.20. The van der Waals surface area contributed by atoms with Gasteiger partial charge >= 0.3 is 6.09 Å². The first-order valence-electron chi connectivity index (χ1n) is 14.3. The highest BCUT2D eigenvalue weighted by molar-refractivity contribution is 6.43. The predicted octanol–water partition coefficient (Wildman–Crippen LogP) is 9.77. The van der Waals surface area contributed by atoms with E-state index in [2.05, 4.69) is 25.3 Å². The molecule has 9 nitrogen and oxygen atoms in total. The third kappa shape index (κ3) is 6.64. The fourth-order valence-electron chi connectivity index (χ4n) is 5.06. The highest BCUT2D eigenvalue weighted by Gasteiger charge is 2.20. The number of aromatic amines is 2. The van der Waals surface area contributed by atoms with Gasteiger partial charge in [-0.05, 0) is 74.0 Å². The molecule has 6 aromatic rings. The lowest BCUT2D eigenvalue weighted by Crippen LogP contribution is -2.33. The number of halogens is 4. The standard InChI is InChI=1S/C33H26Cl4N6O3/c1-2-46-33(45)43(19-12-14-25-27(17-19)41-31(39-25)20-6-3-9-23(36)30(20)37)15-5-10-28(44)38-18-11-13-24-26(16-18)42-32(40-24)29-21(34)7-4-8-22(29)35/h3-4,6-9,11-14,16-17H,2,5,10,15H2,1H3,(H,38,44)(H,39,41)(H,40,42). The number of carbonyl (C=O) groups is 2. The Hall–Kier alpha value is -4.28. The summed E-state index contributed by atoms with van der Waals surface area (Å²) in [4.78, 5) is 43.1. The van der Waals surface area contributed by atoms with Crippen molar-refractivity contribution in [1.82, 2.24) is 19.9 Å². The molecular formula is C33H26Cl4N6O3. The minimum atomic E-state index is -0.515. The fraction of sp³-hybridized carbons (Fsp3) is 0.152. The van der Waals surface area contributed by atoms with Crippen LogP contribution in [-0.2, 0) is 9.53 Å². The van der Waals surface area contributed by atoms with E-state index in [0.29, 0.717) is 82.7 Å². The molecular weight excluding hydrogens is 670 g/mol. The van der Waals surface area contributed by atoms with Crippen molar-refractivity contribution in [2.75, 3.05) is 23.4 Å². The summed E-state index contributed by atoms with van der Waals surface area (Å²) in [5, 5.41) is 4.70. The minimum Gasteiger partial charge on any atom is -0.449 e. The zero-order chi connectivity index (χ0) is 32.4. The summed E-state index contributed by atoms with van der Waals surface area (Å²) >= 11 is 25.3. The molecule has 2 aromatic heterocycles. The maximum absolute atomic E-state index is 12.9. The molecule has 0 saturated carbocycles. The summed E-state index contributed by atoms with van der Waals surface area (Å²) in [6.07, 6.45) is 0.0384. The Morgan fingerprint density at radius 3 is 2.24 bits per heavy atom. The summed E-state index contributed by atoms with van der Waals surface area (Å²) in [6, 6.07) is 21.4. The lowest BCUT2D eigenvalue weighted by Gasteiger charge is -2.22. The Kier molecular flexibility index (Phi) is 9.37. The van der Waals surface area contributed by atoms with E-state index in [1.54, 1.807) is 67.6 Å². The van der Waals surface area contributed by atoms with Gasteiger partial charge in [-0.2, -0.15) is 0 Å². The lowest BCUT2D eigenvalue weighted by atomic mass is 10.2. The molecule has 0 radical (unpaired) electrons. The van der Waals surface area contributed by atoms with Crippen molar-refractivity contribution in [2.24, 2.45) is 0 Å². The van der Waals surface area contributed by atoms with Crippen LogP contribution in [0.1, 0.15) is 19.8 Å². The molecule has 6 rings (SSSR count). The quantitative estimate of drug-likeness (QED) is 0.139. The van der Waals surface area contributed by atoms with Gasteiger partial charge in [0.15, 0.2) is 0 Å². The molecule has 0 aliphatic rings. The van der Waals surface area contributed by atoms with Gasteiger partial charge in [-0.15, -0.1) is 0 Å². The van der Waals surface area contributed by atoms with Gasteiger partial charge in [0, 0.05) is 29.9 Å². The number of ether oxygens (including phenoxy) is 1. The normalized spacial score (nSPS) is 11.2. The average Bonchev–Trinajstić information content (AvgIpc) is 3.64. The molecule has 46 heavy (non-hydrogen) atoms. The average molecular weight is 696 g/mol. The van der Waals surface area contributed by atoms with E-state index in [0.717, 1.165) is 0 Å². The number of aromatic nitrogens is 4. The first kappa shape index (κ1) is 31.7. The van der Waals surface area contributed by atoms with Crippen LogP contribution in [0.3, 0.4) is 0 Å². The van der Waals surface area contributed by atoms with Gasteiger partial charge in [0.1, 0.15) is 11.6 Å². The lowest BCUT2D eigenvalue weighted by molar-refractivity contribution is -0.116. The number of benzene rings is 4. The molecule has 0 aliphatic heterocycles. The first-order chi connectivity index (χ1) is 22.2. The molecule has 0 aliphatic carbocycles. The largest absolute Gasteiger partial charge is 0.449 e. The number of hydrogen-bond acceptors (Lipinski definition) is 5. The number of nitrogens with zero attached hydrogens (tertiary/aromatic N) is 3. The van der Waals surface area contributed by atoms with E-state index < -0.39 is 6.09 Å². The summed E-state index contributed by atoms with van der Waals surface area (Å²) in [5.74, 6) is 0.881. The van der Waals surface area contributed by atoms with Crippen molar-refractivity contribution in [2.45, 2.75) is 19.8 Å². The number of rotatable bonds is 9. The fourth-order valence-corrected chi connectivity index (χ4v) is 6.02. The second-order valence-corrected chi connectivity index (χ2v) is 11.9. The van der Waals surface area contributed by atoms with Gasteiger partial charge in [-0.3, -0.25) is 9.69 Å². The Labute approximate surface area is 283 Å². The third-order valence-electron chi connectivity index (χ3n) is 7.22. The zero-order valence-corrected chi connectivity index (χ0v) is 27.4. The van der Waals surface area contributed by atoms with Crippen LogP contribution >= 0.6 is 46.4 Å². The number of hydrogen-bond donors (Lipinski definition) is 3. The van der Waals surface area contributed by atoms with Crippen LogP contribution in [0, 0.1) is 0 Å². The topological polar surface area (TPSA) is 116 Å². The molecule has 2 amide bonds. The first-order valence-corrected chi connectivity index (χ1v) is 15.9. The Morgan fingerprint density at radius 2 is 1.48 bits per heavy atom. The Bertz CT molecular complexity index is 2070. The van der Waals surface area contributed by atoms with Crippen LogP contribution in [-0.4, -0.2) is 45.1 Å². The number of carbonyl (C=O) groups excluding carboxylic acids is 2. The van der Waals surface area contributed by atoms with Crippen LogP contribution in [0.25, 0.3) is 44.8 Å². The van der Waals surface area contributed by atoms with Crippen molar-refractivity contribution in [3.63, 3.8) is 0 Å². The molecule has 3 N–H and O–H groups in total. The minimum absolute atomic E-state index is 0.168. The Morgan fingerprint density at radius 1 is 0.826 bits per heavy atom. The van der Waals surface area contributed by atoms with Crippen LogP contribution in [0.4, 0.5) is 16.2 Å². The molecule has 0 spiro atoms. The van der Waals surface area contributed by atoms with E-state index in [4.69, 9.17) is 51.1 Å². The molecule has 0 bridgehead atoms.